The van der Waals surface area contributed by atoms with Gasteiger partial charge in [0.1, 0.15) is 41.9 Å². The summed E-state index contributed by atoms with van der Waals surface area (Å²) in [6.45, 7) is 0. The maximum absolute atomic E-state index is 13.3. The first-order valence-corrected chi connectivity index (χ1v) is 16.7. The molecular weight excluding hydrogens is 663 g/mol. The number of amides is 1. The molecule has 0 aliphatic carbocycles. The molecule has 14 heteroatoms. The molecule has 50 heavy (non-hydrogen) atoms. The number of benzene rings is 3. The van der Waals surface area contributed by atoms with Crippen LogP contribution in [0.3, 0.4) is 0 Å². The Kier molecular flexibility index (Phi) is 10.4. The molecule has 256 valence electrons. The minimum absolute atomic E-state index is 0.00280. The van der Waals surface area contributed by atoms with Gasteiger partial charge in [0.25, 0.3) is 5.91 Å². The number of aliphatic hydroxyl groups is 1. The van der Waals surface area contributed by atoms with Crippen LogP contribution < -0.4 is 20.5 Å². The number of nitrogens with one attached hydrogen (secondary N) is 1. The van der Waals surface area contributed by atoms with Gasteiger partial charge in [-0.3, -0.25) is 14.3 Å². The largest absolute Gasteiger partial charge is 0.695 e. The normalized spacial score (nSPS) is 18.2. The first kappa shape index (κ1) is 34.6. The molecule has 3 heterocycles. The van der Waals surface area contributed by atoms with Crippen molar-refractivity contribution in [2.24, 2.45) is 0 Å². The molecule has 2 unspecified atom stereocenters. The third-order valence-electron chi connectivity index (χ3n) is 8.72. The number of aliphatic hydroxyl groups excluding tert-OH is 1. The molecule has 1 aliphatic rings. The molecule has 5 aromatic rings. The second kappa shape index (κ2) is 15.1. The van der Waals surface area contributed by atoms with E-state index in [1.165, 1.54) is 29.2 Å². The van der Waals surface area contributed by atoms with Crippen LogP contribution in [0.25, 0.3) is 0 Å². The Labute approximate surface area is 288 Å². The number of ether oxygens (including phenoxy) is 3. The molecule has 0 radical (unpaired) electrons. The fourth-order valence-electron chi connectivity index (χ4n) is 6.39. The number of anilines is 1. The van der Waals surface area contributed by atoms with E-state index in [0.29, 0.717) is 28.2 Å². The van der Waals surface area contributed by atoms with Gasteiger partial charge in [0, 0.05) is 29.6 Å². The van der Waals surface area contributed by atoms with Gasteiger partial charge in [-0.25, -0.2) is 4.79 Å². The quantitative estimate of drug-likeness (QED) is 0.123. The van der Waals surface area contributed by atoms with Crippen LogP contribution in [0.5, 0.6) is 11.5 Å². The average molecular weight is 698 g/mol. The molecule has 1 amide bonds. The number of nitrogens with zero attached hydrogens (tertiary/aromatic N) is 3. The maximum Gasteiger partial charge on any atom is 0.695 e. The van der Waals surface area contributed by atoms with Crippen LogP contribution >= 0.6 is 8.25 Å². The molecule has 0 bridgehead atoms. The Hall–Kier alpha value is -5.30. The number of hydrogen-bond acceptors (Lipinski definition) is 10. The highest BCUT2D eigenvalue weighted by Gasteiger charge is 2.55. The van der Waals surface area contributed by atoms with E-state index >= 15 is 0 Å². The summed E-state index contributed by atoms with van der Waals surface area (Å²) in [5.41, 5.74) is 0.188. The van der Waals surface area contributed by atoms with Crippen molar-refractivity contribution in [1.82, 2.24) is 14.5 Å². The highest BCUT2D eigenvalue weighted by Crippen LogP contribution is 2.48. The lowest BCUT2D eigenvalue weighted by Crippen LogP contribution is -2.51. The highest BCUT2D eigenvalue weighted by atomic mass is 31.1. The van der Waals surface area contributed by atoms with E-state index in [9.17, 15) is 24.2 Å². The van der Waals surface area contributed by atoms with Gasteiger partial charge in [-0.15, -0.1) is 9.42 Å². The average Bonchev–Trinajstić information content (AvgIpc) is 3.55. The Morgan fingerprint density at radius 3 is 2.10 bits per heavy atom. The number of aromatic nitrogens is 3. The SMILES string of the molecule is COc1ccc(C(c2ccccc2)(c2ccc(OC)cc2)C(O)[C@H]2O[C@@H](n3ccc(NC(=O)c4cccnc4)nc3=O)C[C@@H]2O[P+](=O)O)cc1. The van der Waals surface area contributed by atoms with E-state index in [4.69, 9.17) is 18.7 Å². The Bertz CT molecular complexity index is 1950. The number of carbonyl (C=O) groups is 1. The molecule has 13 nitrogen and oxygen atoms in total. The summed E-state index contributed by atoms with van der Waals surface area (Å²) in [5, 5.41) is 15.3. The predicted octanol–water partition coefficient (Wildman–Crippen LogP) is 4.63. The molecular formula is C36H34N4O9P+. The zero-order valence-corrected chi connectivity index (χ0v) is 27.9. The monoisotopic (exact) mass is 697 g/mol. The smallest absolute Gasteiger partial charge is 0.497 e. The third-order valence-corrected chi connectivity index (χ3v) is 9.17. The minimum atomic E-state index is -3.14. The van der Waals surface area contributed by atoms with Gasteiger partial charge in [-0.05, 0) is 59.2 Å². The van der Waals surface area contributed by atoms with Crippen LogP contribution in [0.1, 0.15) is 39.7 Å². The minimum Gasteiger partial charge on any atom is -0.497 e. The van der Waals surface area contributed by atoms with Gasteiger partial charge < -0.3 is 24.6 Å². The number of pyridine rings is 1. The second-order valence-electron chi connectivity index (χ2n) is 11.4. The van der Waals surface area contributed by atoms with E-state index in [1.54, 1.807) is 50.6 Å². The zero-order valence-electron chi connectivity index (χ0n) is 27.0. The van der Waals surface area contributed by atoms with Gasteiger partial charge in [-0.2, -0.15) is 4.98 Å². The van der Waals surface area contributed by atoms with Crippen LogP contribution in [-0.2, 0) is 19.2 Å². The van der Waals surface area contributed by atoms with Crippen LogP contribution in [0, 0.1) is 0 Å². The number of carbonyl (C=O) groups excluding carboxylic acids is 1. The zero-order chi connectivity index (χ0) is 35.3. The van der Waals surface area contributed by atoms with E-state index in [-0.39, 0.29) is 17.8 Å². The summed E-state index contributed by atoms with van der Waals surface area (Å²) >= 11 is 0. The van der Waals surface area contributed by atoms with E-state index in [2.05, 4.69) is 15.3 Å². The topological polar surface area (TPSA) is 171 Å². The lowest BCUT2D eigenvalue weighted by atomic mass is 9.64. The molecule has 0 saturated carbocycles. The van der Waals surface area contributed by atoms with Crippen molar-refractivity contribution >= 4 is 20.0 Å². The summed E-state index contributed by atoms with van der Waals surface area (Å²) in [4.78, 5) is 43.8. The van der Waals surface area contributed by atoms with Crippen LogP contribution in [0.2, 0.25) is 0 Å². The van der Waals surface area contributed by atoms with Gasteiger partial charge in [0.15, 0.2) is 0 Å². The highest BCUT2D eigenvalue weighted by molar-refractivity contribution is 7.32. The maximum atomic E-state index is 13.3. The molecule has 1 fully saturated rings. The Morgan fingerprint density at radius 2 is 1.56 bits per heavy atom. The molecule has 3 N–H and O–H groups in total. The lowest BCUT2D eigenvalue weighted by Gasteiger charge is -2.42. The second-order valence-corrected chi connectivity index (χ2v) is 12.1. The molecule has 3 aromatic carbocycles. The van der Waals surface area contributed by atoms with E-state index in [0.717, 1.165) is 0 Å². The van der Waals surface area contributed by atoms with Crippen LogP contribution in [0.15, 0.2) is 120 Å². The standard InChI is InChI=1S/C36H33N4O9P/c1-46-27-14-10-25(11-15-27)36(24-8-4-3-5-9-24,26-12-16-28(47-2)17-13-26)33(41)32-29(49-50(44)45)21-31(48-32)40-20-18-30(39-35(40)43)38-34(42)23-7-6-19-37-22-23/h3-20,22,29,31-33,41H,21H2,1-2H3,(H-,38,39,42,43,44,45)/p+1/t29-,31+,32-,33?/m0/s1. The number of methoxy groups -OCH3 is 2. The first-order valence-electron chi connectivity index (χ1n) is 15.6. The lowest BCUT2D eigenvalue weighted by molar-refractivity contribution is -0.0942. The van der Waals surface area contributed by atoms with Crippen molar-refractivity contribution in [2.45, 2.75) is 36.4 Å². The van der Waals surface area contributed by atoms with Crippen molar-refractivity contribution in [1.29, 1.82) is 0 Å². The van der Waals surface area contributed by atoms with Gasteiger partial charge in [0.05, 0.1) is 25.2 Å². The predicted molar refractivity (Wildman–Crippen MR) is 182 cm³/mol. The molecule has 1 saturated heterocycles. The summed E-state index contributed by atoms with van der Waals surface area (Å²) in [6.07, 6.45) is -0.676. The van der Waals surface area contributed by atoms with Crippen LogP contribution in [-0.4, -0.2) is 63.0 Å². The molecule has 2 aromatic heterocycles. The van der Waals surface area contributed by atoms with Crippen molar-refractivity contribution in [2.75, 3.05) is 19.5 Å². The fraction of sp³-hybridized carbons (Fsp3) is 0.222. The van der Waals surface area contributed by atoms with E-state index in [1.807, 2.05) is 54.6 Å². The van der Waals surface area contributed by atoms with E-state index < -0.39 is 49.8 Å². The first-order chi connectivity index (χ1) is 24.2. The van der Waals surface area contributed by atoms with Crippen molar-refractivity contribution in [3.63, 3.8) is 0 Å². The molecule has 6 rings (SSSR count). The molecule has 1 aliphatic heterocycles. The molecule has 0 spiro atoms. The van der Waals surface area contributed by atoms with Crippen molar-refractivity contribution < 1.29 is 38.1 Å². The third kappa shape index (κ3) is 6.90. The summed E-state index contributed by atoms with van der Waals surface area (Å²) < 4.78 is 36.1. The Morgan fingerprint density at radius 1 is 0.940 bits per heavy atom. The van der Waals surface area contributed by atoms with Gasteiger partial charge in [0.2, 0.25) is 0 Å². The van der Waals surface area contributed by atoms with Crippen molar-refractivity contribution in [3.8, 4) is 11.5 Å². The van der Waals surface area contributed by atoms with Gasteiger partial charge in [-0.1, -0.05) is 54.6 Å². The van der Waals surface area contributed by atoms with Gasteiger partial charge >= 0.3 is 13.9 Å². The summed E-state index contributed by atoms with van der Waals surface area (Å²) in [7, 11) is -0.0258. The van der Waals surface area contributed by atoms with Crippen LogP contribution in [0.4, 0.5) is 5.82 Å². The summed E-state index contributed by atoms with van der Waals surface area (Å²) in [5.74, 6) is 0.700. The fourth-order valence-corrected chi connectivity index (χ4v) is 6.83. The number of hydrogen-bond donors (Lipinski definition) is 3. The molecule has 5 atom stereocenters. The number of rotatable bonds is 12. The summed E-state index contributed by atoms with van der Waals surface area (Å²) in [6, 6.07) is 28.4. The Balaban J connectivity index is 1.42. The van der Waals surface area contributed by atoms with Crippen molar-refractivity contribution in [3.05, 3.63) is 148 Å².